The van der Waals surface area contributed by atoms with Crippen LogP contribution < -0.4 is 0 Å². The van der Waals surface area contributed by atoms with Crippen LogP contribution in [0.1, 0.15) is 18.5 Å². The highest BCUT2D eigenvalue weighted by atomic mass is 79.9. The predicted octanol–water partition coefficient (Wildman–Crippen LogP) is 2.37. The maximum absolute atomic E-state index is 11.7. The molecule has 1 amide bonds. The molecule has 1 heterocycles. The third-order valence-corrected chi connectivity index (χ3v) is 3.89. The van der Waals surface area contributed by atoms with E-state index in [-0.39, 0.29) is 11.9 Å². The zero-order valence-electron chi connectivity index (χ0n) is 9.08. The molecular formula is C9H13Br2N3O. The second-order valence-electron chi connectivity index (χ2n) is 3.56. The molecule has 6 heteroatoms. The van der Waals surface area contributed by atoms with E-state index in [9.17, 15) is 4.79 Å². The molecule has 0 saturated heterocycles. The van der Waals surface area contributed by atoms with Crippen molar-refractivity contribution in [3.05, 3.63) is 14.8 Å². The molecule has 0 aliphatic rings. The van der Waals surface area contributed by atoms with Crippen molar-refractivity contribution < 1.29 is 4.79 Å². The van der Waals surface area contributed by atoms with Gasteiger partial charge in [0, 0.05) is 19.7 Å². The van der Waals surface area contributed by atoms with Gasteiger partial charge in [-0.05, 0) is 45.7 Å². The SMILES string of the molecule is Cc1c(Br)nn(C(C)C(=O)N(C)C)c1Br. The van der Waals surface area contributed by atoms with Gasteiger partial charge in [0.05, 0.1) is 0 Å². The summed E-state index contributed by atoms with van der Waals surface area (Å²) in [4.78, 5) is 13.3. The number of nitrogens with zero attached hydrogens (tertiary/aromatic N) is 3. The second-order valence-corrected chi connectivity index (χ2v) is 5.06. The summed E-state index contributed by atoms with van der Waals surface area (Å²) < 4.78 is 3.26. The highest BCUT2D eigenvalue weighted by molar-refractivity contribution is 9.11. The lowest BCUT2D eigenvalue weighted by Crippen LogP contribution is -2.30. The normalized spacial score (nSPS) is 12.7. The van der Waals surface area contributed by atoms with Crippen LogP contribution in [0, 0.1) is 6.92 Å². The molecule has 0 N–H and O–H groups in total. The van der Waals surface area contributed by atoms with Crippen molar-refractivity contribution in [3.63, 3.8) is 0 Å². The minimum absolute atomic E-state index is 0.0192. The molecule has 1 rings (SSSR count). The van der Waals surface area contributed by atoms with E-state index in [1.807, 2.05) is 13.8 Å². The molecular weight excluding hydrogens is 326 g/mol. The third kappa shape index (κ3) is 2.42. The lowest BCUT2D eigenvalue weighted by Gasteiger charge is -2.17. The zero-order chi connectivity index (χ0) is 11.7. The van der Waals surface area contributed by atoms with Crippen molar-refractivity contribution in [2.24, 2.45) is 0 Å². The number of amides is 1. The highest BCUT2D eigenvalue weighted by Crippen LogP contribution is 2.26. The average molecular weight is 339 g/mol. The standard InChI is InChI=1S/C9H13Br2N3O/c1-5-7(10)12-14(8(5)11)6(2)9(15)13(3)4/h6H,1-4H3. The first-order chi connectivity index (χ1) is 6.86. The molecule has 1 aromatic rings. The highest BCUT2D eigenvalue weighted by Gasteiger charge is 2.21. The Morgan fingerprint density at radius 3 is 2.33 bits per heavy atom. The average Bonchev–Trinajstić information content (AvgIpc) is 2.43. The van der Waals surface area contributed by atoms with Crippen molar-refractivity contribution in [2.45, 2.75) is 19.9 Å². The fourth-order valence-electron chi connectivity index (χ4n) is 1.21. The minimum Gasteiger partial charge on any atom is -0.347 e. The number of hydrogen-bond acceptors (Lipinski definition) is 2. The van der Waals surface area contributed by atoms with Crippen LogP contribution in [0.25, 0.3) is 0 Å². The van der Waals surface area contributed by atoms with Crippen LogP contribution in [0.15, 0.2) is 9.21 Å². The number of halogens is 2. The summed E-state index contributed by atoms with van der Waals surface area (Å²) in [5.41, 5.74) is 0.994. The van der Waals surface area contributed by atoms with Crippen LogP contribution in [0.5, 0.6) is 0 Å². The first-order valence-electron chi connectivity index (χ1n) is 4.47. The lowest BCUT2D eigenvalue weighted by atomic mass is 10.3. The molecule has 1 unspecified atom stereocenters. The van der Waals surface area contributed by atoms with Gasteiger partial charge in [-0.2, -0.15) is 5.10 Å². The molecule has 0 aliphatic carbocycles. The summed E-state index contributed by atoms with van der Waals surface area (Å²) in [5, 5.41) is 4.25. The summed E-state index contributed by atoms with van der Waals surface area (Å²) in [5.74, 6) is 0.0192. The monoisotopic (exact) mass is 337 g/mol. The third-order valence-electron chi connectivity index (χ3n) is 2.18. The van der Waals surface area contributed by atoms with Crippen LogP contribution in [0.4, 0.5) is 0 Å². The van der Waals surface area contributed by atoms with Crippen LogP contribution in [-0.2, 0) is 4.79 Å². The Labute approximate surface area is 106 Å². The van der Waals surface area contributed by atoms with Gasteiger partial charge in [-0.3, -0.25) is 4.79 Å². The predicted molar refractivity (Wildman–Crippen MR) is 65.8 cm³/mol. The van der Waals surface area contributed by atoms with Crippen molar-refractivity contribution in [2.75, 3.05) is 14.1 Å². The molecule has 0 bridgehead atoms. The Balaban J connectivity index is 3.06. The molecule has 1 aromatic heterocycles. The topological polar surface area (TPSA) is 38.1 Å². The van der Waals surface area contributed by atoms with Crippen molar-refractivity contribution >= 4 is 37.8 Å². The maximum atomic E-state index is 11.7. The largest absolute Gasteiger partial charge is 0.347 e. The first kappa shape index (κ1) is 12.7. The second kappa shape index (κ2) is 4.65. The van der Waals surface area contributed by atoms with E-state index in [0.717, 1.165) is 14.8 Å². The number of aromatic nitrogens is 2. The van der Waals surface area contributed by atoms with Crippen LogP contribution in [0.2, 0.25) is 0 Å². The molecule has 0 spiro atoms. The van der Waals surface area contributed by atoms with E-state index in [0.29, 0.717) is 0 Å². The van der Waals surface area contributed by atoms with E-state index >= 15 is 0 Å². The summed E-state index contributed by atoms with van der Waals surface area (Å²) >= 11 is 6.75. The Morgan fingerprint density at radius 2 is 2.00 bits per heavy atom. The molecule has 0 aliphatic heterocycles. The van der Waals surface area contributed by atoms with Crippen molar-refractivity contribution in [1.29, 1.82) is 0 Å². The van der Waals surface area contributed by atoms with Gasteiger partial charge < -0.3 is 4.90 Å². The Bertz CT molecular complexity index is 387. The Morgan fingerprint density at radius 1 is 1.47 bits per heavy atom. The quantitative estimate of drug-likeness (QED) is 0.830. The summed E-state index contributed by atoms with van der Waals surface area (Å²) in [6, 6.07) is -0.306. The number of carbonyl (C=O) groups is 1. The molecule has 0 saturated carbocycles. The smallest absolute Gasteiger partial charge is 0.246 e. The summed E-state index contributed by atoms with van der Waals surface area (Å²) in [7, 11) is 3.47. The summed E-state index contributed by atoms with van der Waals surface area (Å²) in [6.07, 6.45) is 0. The fraction of sp³-hybridized carbons (Fsp3) is 0.556. The van der Waals surface area contributed by atoms with Gasteiger partial charge in [0.2, 0.25) is 5.91 Å². The van der Waals surface area contributed by atoms with Crippen LogP contribution in [0.3, 0.4) is 0 Å². The molecule has 15 heavy (non-hydrogen) atoms. The number of carbonyl (C=O) groups excluding carboxylic acids is 1. The lowest BCUT2D eigenvalue weighted by molar-refractivity contribution is -0.132. The van der Waals surface area contributed by atoms with Crippen molar-refractivity contribution in [1.82, 2.24) is 14.7 Å². The van der Waals surface area contributed by atoms with E-state index in [1.54, 1.807) is 23.7 Å². The number of likely N-dealkylation sites (N-methyl/N-ethyl adjacent to an activating group) is 1. The maximum Gasteiger partial charge on any atom is 0.246 e. The Hall–Kier alpha value is -0.360. The first-order valence-corrected chi connectivity index (χ1v) is 6.06. The van der Waals surface area contributed by atoms with Gasteiger partial charge in [-0.1, -0.05) is 0 Å². The zero-order valence-corrected chi connectivity index (χ0v) is 12.3. The molecule has 84 valence electrons. The Kier molecular flexibility index (Phi) is 3.94. The molecule has 0 fully saturated rings. The van der Waals surface area contributed by atoms with E-state index in [4.69, 9.17) is 0 Å². The molecule has 0 aromatic carbocycles. The number of rotatable bonds is 2. The van der Waals surface area contributed by atoms with Crippen LogP contribution in [-0.4, -0.2) is 34.7 Å². The van der Waals surface area contributed by atoms with Gasteiger partial charge in [0.15, 0.2) is 0 Å². The molecule has 0 radical (unpaired) electrons. The van der Waals surface area contributed by atoms with Gasteiger partial charge in [0.25, 0.3) is 0 Å². The molecule has 1 atom stereocenters. The van der Waals surface area contributed by atoms with Gasteiger partial charge in [0.1, 0.15) is 15.2 Å². The van der Waals surface area contributed by atoms with E-state index in [2.05, 4.69) is 37.0 Å². The summed E-state index contributed by atoms with van der Waals surface area (Å²) in [6.45, 7) is 3.76. The van der Waals surface area contributed by atoms with E-state index < -0.39 is 0 Å². The van der Waals surface area contributed by atoms with E-state index in [1.165, 1.54) is 0 Å². The minimum atomic E-state index is -0.306. The fourth-order valence-corrected chi connectivity index (χ4v) is 2.40. The van der Waals surface area contributed by atoms with Crippen molar-refractivity contribution in [3.8, 4) is 0 Å². The number of hydrogen-bond donors (Lipinski definition) is 0. The molecule has 4 nitrogen and oxygen atoms in total. The van der Waals surface area contributed by atoms with Gasteiger partial charge in [-0.25, -0.2) is 4.68 Å². The van der Waals surface area contributed by atoms with Gasteiger partial charge in [-0.15, -0.1) is 0 Å². The van der Waals surface area contributed by atoms with Gasteiger partial charge >= 0.3 is 0 Å². The van der Waals surface area contributed by atoms with Crippen LogP contribution >= 0.6 is 31.9 Å².